The van der Waals surface area contributed by atoms with Crippen molar-refractivity contribution < 1.29 is 23.7 Å². The number of ether oxygens (including phenoxy) is 4. The Balaban J connectivity index is 1.57. The van der Waals surface area contributed by atoms with E-state index in [0.29, 0.717) is 41.8 Å². The molecule has 7 heteroatoms. The summed E-state index contributed by atoms with van der Waals surface area (Å²) in [6, 6.07) is 9.34. The Morgan fingerprint density at radius 1 is 1.15 bits per heavy atom. The Kier molecular flexibility index (Phi) is 5.80. The van der Waals surface area contributed by atoms with Gasteiger partial charge in [0.15, 0.2) is 18.1 Å². The van der Waals surface area contributed by atoms with E-state index in [0.717, 1.165) is 11.1 Å². The molecule has 2 aromatic carbocycles. The van der Waals surface area contributed by atoms with Crippen molar-refractivity contribution in [2.45, 2.75) is 13.8 Å². The number of amides is 1. The van der Waals surface area contributed by atoms with E-state index in [1.54, 1.807) is 19.2 Å². The van der Waals surface area contributed by atoms with Crippen molar-refractivity contribution in [3.05, 3.63) is 47.0 Å². The molecule has 1 heterocycles. The summed E-state index contributed by atoms with van der Waals surface area (Å²) < 4.78 is 21.9. The number of benzene rings is 2. The van der Waals surface area contributed by atoms with E-state index < -0.39 is 0 Å². The summed E-state index contributed by atoms with van der Waals surface area (Å²) in [5, 5.41) is 3.96. The first-order valence-corrected chi connectivity index (χ1v) is 8.56. The van der Waals surface area contributed by atoms with Crippen LogP contribution in [0.15, 0.2) is 35.4 Å². The van der Waals surface area contributed by atoms with Crippen molar-refractivity contribution in [1.82, 2.24) is 5.43 Å². The van der Waals surface area contributed by atoms with Crippen LogP contribution in [0.5, 0.6) is 23.0 Å². The van der Waals surface area contributed by atoms with Gasteiger partial charge in [0.25, 0.3) is 5.91 Å². The standard InChI is InChI=1S/C20H22N2O5/c1-13-6-14(2)8-16(7-13)27-12-19(23)22-21-11-15-9-17(24-3)20-18(10-15)25-4-5-26-20/h6-11H,4-5,12H2,1-3H3,(H,22,23)/b21-11-. The summed E-state index contributed by atoms with van der Waals surface area (Å²) in [7, 11) is 1.56. The number of hydrogen-bond acceptors (Lipinski definition) is 6. The quantitative estimate of drug-likeness (QED) is 0.625. The highest BCUT2D eigenvalue weighted by atomic mass is 16.6. The molecule has 3 rings (SSSR count). The number of nitrogens with one attached hydrogen (secondary N) is 1. The van der Waals surface area contributed by atoms with Crippen molar-refractivity contribution in [2.24, 2.45) is 5.10 Å². The highest BCUT2D eigenvalue weighted by molar-refractivity contribution is 5.84. The average molecular weight is 370 g/mol. The molecular formula is C20H22N2O5. The lowest BCUT2D eigenvalue weighted by molar-refractivity contribution is -0.123. The van der Waals surface area contributed by atoms with E-state index in [1.165, 1.54) is 6.21 Å². The lowest BCUT2D eigenvalue weighted by Crippen LogP contribution is -2.24. The summed E-state index contributed by atoms with van der Waals surface area (Å²) in [6.07, 6.45) is 1.51. The molecule has 1 amide bonds. The Labute approximate surface area is 157 Å². The fourth-order valence-electron chi connectivity index (χ4n) is 2.74. The van der Waals surface area contributed by atoms with Crippen LogP contribution >= 0.6 is 0 Å². The predicted octanol–water partition coefficient (Wildman–Crippen LogP) is 2.61. The summed E-state index contributed by atoms with van der Waals surface area (Å²) >= 11 is 0. The molecule has 0 spiro atoms. The zero-order chi connectivity index (χ0) is 19.2. The second kappa shape index (κ2) is 8.44. The average Bonchev–Trinajstić information content (AvgIpc) is 2.65. The Morgan fingerprint density at radius 3 is 2.63 bits per heavy atom. The number of hydrazone groups is 1. The minimum atomic E-state index is -0.352. The molecule has 0 fully saturated rings. The van der Waals surface area contributed by atoms with Crippen LogP contribution in [0.4, 0.5) is 0 Å². The van der Waals surface area contributed by atoms with Crippen LogP contribution in [-0.4, -0.2) is 39.1 Å². The van der Waals surface area contributed by atoms with Crippen LogP contribution < -0.4 is 24.4 Å². The van der Waals surface area contributed by atoms with Crippen LogP contribution in [-0.2, 0) is 4.79 Å². The van der Waals surface area contributed by atoms with E-state index in [-0.39, 0.29) is 12.5 Å². The van der Waals surface area contributed by atoms with Crippen LogP contribution in [0.25, 0.3) is 0 Å². The SMILES string of the molecule is COc1cc(/C=N\NC(=O)COc2cc(C)cc(C)c2)cc2c1OCCO2. The number of fused-ring (bicyclic) bond motifs is 1. The molecule has 0 saturated carbocycles. The van der Waals surface area contributed by atoms with Gasteiger partial charge in [-0.25, -0.2) is 5.43 Å². The second-order valence-corrected chi connectivity index (χ2v) is 6.15. The third-order valence-corrected chi connectivity index (χ3v) is 3.82. The molecule has 1 aliphatic rings. The molecule has 2 aromatic rings. The number of carbonyl (C=O) groups excluding carboxylic acids is 1. The van der Waals surface area contributed by atoms with Gasteiger partial charge < -0.3 is 18.9 Å². The maximum atomic E-state index is 11.9. The number of nitrogens with zero attached hydrogens (tertiary/aromatic N) is 1. The molecule has 0 aliphatic carbocycles. The second-order valence-electron chi connectivity index (χ2n) is 6.15. The minimum Gasteiger partial charge on any atom is -0.493 e. The fourth-order valence-corrected chi connectivity index (χ4v) is 2.74. The topological polar surface area (TPSA) is 78.4 Å². The van der Waals surface area contributed by atoms with Crippen LogP contribution in [0.2, 0.25) is 0 Å². The van der Waals surface area contributed by atoms with Gasteiger partial charge in [-0.15, -0.1) is 0 Å². The molecule has 1 aliphatic heterocycles. The highest BCUT2D eigenvalue weighted by Crippen LogP contribution is 2.39. The molecule has 142 valence electrons. The van der Waals surface area contributed by atoms with Gasteiger partial charge in [-0.1, -0.05) is 6.07 Å². The summed E-state index contributed by atoms with van der Waals surface area (Å²) in [5.41, 5.74) is 5.31. The highest BCUT2D eigenvalue weighted by Gasteiger charge is 2.17. The molecule has 0 radical (unpaired) electrons. The molecule has 1 N–H and O–H groups in total. The van der Waals surface area contributed by atoms with Crippen molar-refractivity contribution >= 4 is 12.1 Å². The van der Waals surface area contributed by atoms with Crippen LogP contribution in [0.1, 0.15) is 16.7 Å². The summed E-state index contributed by atoms with van der Waals surface area (Å²) in [6.45, 7) is 4.79. The van der Waals surface area contributed by atoms with Gasteiger partial charge in [0, 0.05) is 5.56 Å². The zero-order valence-electron chi connectivity index (χ0n) is 15.6. The predicted molar refractivity (Wildman–Crippen MR) is 101 cm³/mol. The Bertz CT molecular complexity index is 826. The number of aryl methyl sites for hydroxylation is 2. The number of carbonyl (C=O) groups is 1. The van der Waals surface area contributed by atoms with Crippen LogP contribution in [0.3, 0.4) is 0 Å². The fraction of sp³-hybridized carbons (Fsp3) is 0.300. The van der Waals surface area contributed by atoms with Crippen molar-refractivity contribution in [1.29, 1.82) is 0 Å². The van der Waals surface area contributed by atoms with E-state index in [1.807, 2.05) is 32.0 Å². The normalized spacial score (nSPS) is 12.7. The minimum absolute atomic E-state index is 0.120. The molecule has 0 atom stereocenters. The van der Waals surface area contributed by atoms with E-state index in [9.17, 15) is 4.79 Å². The first kappa shape index (κ1) is 18.6. The zero-order valence-corrected chi connectivity index (χ0v) is 15.6. The number of rotatable bonds is 6. The lowest BCUT2D eigenvalue weighted by Gasteiger charge is -2.20. The number of methoxy groups -OCH3 is 1. The third-order valence-electron chi connectivity index (χ3n) is 3.82. The maximum absolute atomic E-state index is 11.9. The molecule has 0 aromatic heterocycles. The van der Waals surface area contributed by atoms with Gasteiger partial charge in [0.05, 0.1) is 13.3 Å². The van der Waals surface area contributed by atoms with Crippen molar-refractivity contribution in [3.8, 4) is 23.0 Å². The Morgan fingerprint density at radius 2 is 1.89 bits per heavy atom. The van der Waals surface area contributed by atoms with Gasteiger partial charge in [-0.3, -0.25) is 4.79 Å². The monoisotopic (exact) mass is 370 g/mol. The first-order valence-electron chi connectivity index (χ1n) is 8.56. The lowest BCUT2D eigenvalue weighted by atomic mass is 10.1. The smallest absolute Gasteiger partial charge is 0.277 e. The molecule has 0 bridgehead atoms. The van der Waals surface area contributed by atoms with E-state index in [2.05, 4.69) is 10.5 Å². The van der Waals surface area contributed by atoms with Gasteiger partial charge in [0.2, 0.25) is 5.75 Å². The number of hydrogen-bond donors (Lipinski definition) is 1. The molecular weight excluding hydrogens is 348 g/mol. The molecule has 7 nitrogen and oxygen atoms in total. The van der Waals surface area contributed by atoms with Crippen LogP contribution in [0, 0.1) is 13.8 Å². The summed E-state index contributed by atoms with van der Waals surface area (Å²) in [5.74, 6) is 2.02. The first-order chi connectivity index (χ1) is 13.0. The third kappa shape index (κ3) is 4.91. The summed E-state index contributed by atoms with van der Waals surface area (Å²) in [4.78, 5) is 11.9. The van der Waals surface area contributed by atoms with Crippen molar-refractivity contribution in [2.75, 3.05) is 26.9 Å². The molecule has 27 heavy (non-hydrogen) atoms. The van der Waals surface area contributed by atoms with E-state index >= 15 is 0 Å². The van der Waals surface area contributed by atoms with Gasteiger partial charge >= 0.3 is 0 Å². The largest absolute Gasteiger partial charge is 0.493 e. The maximum Gasteiger partial charge on any atom is 0.277 e. The van der Waals surface area contributed by atoms with Crippen molar-refractivity contribution in [3.63, 3.8) is 0 Å². The molecule has 0 unspecified atom stereocenters. The van der Waals surface area contributed by atoms with Gasteiger partial charge in [0.1, 0.15) is 19.0 Å². The Hall–Kier alpha value is -3.22. The van der Waals surface area contributed by atoms with Gasteiger partial charge in [-0.2, -0.15) is 5.10 Å². The molecule has 0 saturated heterocycles. The van der Waals surface area contributed by atoms with Gasteiger partial charge in [-0.05, 0) is 49.2 Å². The van der Waals surface area contributed by atoms with E-state index in [4.69, 9.17) is 18.9 Å².